The van der Waals surface area contributed by atoms with Crippen LogP contribution in [0.2, 0.25) is 0 Å². The molecule has 0 bridgehead atoms. The molecule has 2 aromatic rings. The van der Waals surface area contributed by atoms with Crippen LogP contribution in [0, 0.1) is 13.8 Å². The average molecular weight is 321 g/mol. The van der Waals surface area contributed by atoms with Crippen LogP contribution in [0.5, 0.6) is 5.75 Å². The Kier molecular flexibility index (Phi) is 8.07. The van der Waals surface area contributed by atoms with E-state index in [1.807, 2.05) is 56.3 Å². The second kappa shape index (κ2) is 9.29. The monoisotopic (exact) mass is 321 g/mol. The Morgan fingerprint density at radius 1 is 1.09 bits per heavy atom. The van der Waals surface area contributed by atoms with Crippen molar-refractivity contribution in [1.29, 1.82) is 0 Å². The van der Waals surface area contributed by atoms with Crippen LogP contribution in [0.1, 0.15) is 41.8 Å². The predicted octanol–water partition coefficient (Wildman–Crippen LogP) is 1.63. The Bertz CT molecular complexity index is 633. The Morgan fingerprint density at radius 2 is 1.65 bits per heavy atom. The number of ether oxygens (including phenoxy) is 1. The number of benzene rings is 2. The first-order valence-corrected chi connectivity index (χ1v) is 8.65. The van der Waals surface area contributed by atoms with Crippen molar-refractivity contribution >= 4 is 19.4 Å². The van der Waals surface area contributed by atoms with Gasteiger partial charge in [-0.25, -0.2) is 0 Å². The number of carbonyl (C=O) groups excluding carboxylic acids is 1. The van der Waals surface area contributed by atoms with Crippen LogP contribution >= 0.6 is 8.58 Å². The number of hydrogen-bond acceptors (Lipinski definition) is 2. The molecule has 4 heteroatoms. The maximum atomic E-state index is 12.5. The van der Waals surface area contributed by atoms with E-state index in [4.69, 9.17) is 4.74 Å². The topological polar surface area (TPSA) is 26.3 Å². The number of rotatable bonds is 6. The molecule has 0 fully saturated rings. The normalized spacial score (nSPS) is 12.0. The van der Waals surface area contributed by atoms with Gasteiger partial charge in [-0.3, -0.25) is 4.79 Å². The predicted molar refractivity (Wildman–Crippen MR) is 95.0 cm³/mol. The summed E-state index contributed by atoms with van der Waals surface area (Å²) < 4.78 is 5.76. The SMILES string of the molecule is CCC(C)Oc1ccc(PC(=O)c2c(C)cccc2C)cc1.[Li+]. The van der Waals surface area contributed by atoms with Crippen LogP contribution < -0.4 is 28.9 Å². The molecule has 0 spiro atoms. The van der Waals surface area contributed by atoms with Crippen LogP contribution in [0.15, 0.2) is 42.5 Å². The quantitative estimate of drug-likeness (QED) is 0.597. The van der Waals surface area contributed by atoms with Crippen molar-refractivity contribution < 1.29 is 28.4 Å². The van der Waals surface area contributed by atoms with Crippen LogP contribution in [-0.2, 0) is 0 Å². The van der Waals surface area contributed by atoms with Gasteiger partial charge in [0.25, 0.3) is 0 Å². The zero-order valence-electron chi connectivity index (χ0n) is 14.6. The van der Waals surface area contributed by atoms with E-state index in [2.05, 4.69) is 13.8 Å². The fraction of sp³-hybridized carbons (Fsp3) is 0.316. The van der Waals surface area contributed by atoms with Gasteiger partial charge in [0.2, 0.25) is 0 Å². The number of carbonyl (C=O) groups is 1. The van der Waals surface area contributed by atoms with E-state index in [9.17, 15) is 4.79 Å². The molecule has 0 aliphatic carbocycles. The number of hydrogen-bond donors (Lipinski definition) is 0. The van der Waals surface area contributed by atoms with E-state index in [0.717, 1.165) is 34.2 Å². The molecular weight excluding hydrogens is 298 g/mol. The van der Waals surface area contributed by atoms with Crippen molar-refractivity contribution in [3.05, 3.63) is 59.2 Å². The molecule has 0 aliphatic heterocycles. The average Bonchev–Trinajstić information content (AvgIpc) is 2.49. The molecule has 2 nitrogen and oxygen atoms in total. The van der Waals surface area contributed by atoms with Crippen molar-refractivity contribution in [3.8, 4) is 5.75 Å². The van der Waals surface area contributed by atoms with Gasteiger partial charge in [-0.05, 0) is 64.3 Å². The third-order valence-corrected chi connectivity index (χ3v) is 4.83. The largest absolute Gasteiger partial charge is 1.00 e. The summed E-state index contributed by atoms with van der Waals surface area (Å²) in [5.74, 6) is 0.863. The summed E-state index contributed by atoms with van der Waals surface area (Å²) in [6.07, 6.45) is 1.19. The molecule has 0 saturated heterocycles. The molecule has 23 heavy (non-hydrogen) atoms. The molecular formula is C19H23LiO2P+. The van der Waals surface area contributed by atoms with E-state index in [-0.39, 0.29) is 39.1 Å². The molecule has 0 saturated carbocycles. The smallest absolute Gasteiger partial charge is 0.491 e. The van der Waals surface area contributed by atoms with Gasteiger partial charge in [0.15, 0.2) is 5.52 Å². The van der Waals surface area contributed by atoms with Crippen molar-refractivity contribution in [2.45, 2.75) is 40.2 Å². The van der Waals surface area contributed by atoms with Gasteiger partial charge in [-0.1, -0.05) is 37.3 Å². The Labute approximate surface area is 153 Å². The summed E-state index contributed by atoms with van der Waals surface area (Å²) >= 11 is 0. The van der Waals surface area contributed by atoms with Crippen molar-refractivity contribution in [2.75, 3.05) is 0 Å². The van der Waals surface area contributed by atoms with E-state index in [1.165, 1.54) is 0 Å². The Balaban J connectivity index is 0.00000264. The molecule has 2 rings (SSSR count). The summed E-state index contributed by atoms with van der Waals surface area (Å²) in [5.41, 5.74) is 3.16. The first-order chi connectivity index (χ1) is 10.5. The molecule has 2 unspecified atom stereocenters. The second-order valence-electron chi connectivity index (χ2n) is 5.58. The van der Waals surface area contributed by atoms with Gasteiger partial charge in [-0.15, -0.1) is 0 Å². The minimum absolute atomic E-state index is 0. The van der Waals surface area contributed by atoms with Crippen LogP contribution in [0.3, 0.4) is 0 Å². The first-order valence-electron chi connectivity index (χ1n) is 7.65. The minimum atomic E-state index is 0. The maximum absolute atomic E-state index is 12.5. The van der Waals surface area contributed by atoms with E-state index >= 15 is 0 Å². The second-order valence-corrected chi connectivity index (χ2v) is 6.86. The first kappa shape index (κ1) is 20.0. The summed E-state index contributed by atoms with van der Waals surface area (Å²) in [6.45, 7) is 8.14. The summed E-state index contributed by atoms with van der Waals surface area (Å²) in [4.78, 5) is 12.5. The maximum Gasteiger partial charge on any atom is 1.00 e. The molecule has 0 heterocycles. The standard InChI is InChI=1S/C19H23O2P.Li/c1-5-15(4)21-16-9-11-17(12-10-16)22-19(20)18-13(2)7-6-8-14(18)3;/h6-12,15,22H,5H2,1-4H3;/q;+1. The molecule has 2 aromatic carbocycles. The van der Waals surface area contributed by atoms with E-state index in [0.29, 0.717) is 0 Å². The molecule has 0 N–H and O–H groups in total. The molecule has 116 valence electrons. The minimum Gasteiger partial charge on any atom is -0.491 e. The van der Waals surface area contributed by atoms with Crippen molar-refractivity contribution in [3.63, 3.8) is 0 Å². The van der Waals surface area contributed by atoms with Gasteiger partial charge < -0.3 is 4.74 Å². The summed E-state index contributed by atoms with van der Waals surface area (Å²) in [7, 11) is 0.147. The van der Waals surface area contributed by atoms with Crippen LogP contribution in [0.25, 0.3) is 0 Å². The third kappa shape index (κ3) is 5.50. The Morgan fingerprint density at radius 3 is 2.17 bits per heavy atom. The van der Waals surface area contributed by atoms with Crippen molar-refractivity contribution in [2.24, 2.45) is 0 Å². The molecule has 0 amide bonds. The molecule has 0 radical (unpaired) electrons. The molecule has 0 aliphatic rings. The zero-order chi connectivity index (χ0) is 16.1. The fourth-order valence-corrected chi connectivity index (χ4v) is 3.41. The van der Waals surface area contributed by atoms with E-state index in [1.54, 1.807) is 0 Å². The Hall–Kier alpha value is -1.06. The number of aryl methyl sites for hydroxylation is 2. The van der Waals surface area contributed by atoms with Crippen LogP contribution in [0.4, 0.5) is 0 Å². The van der Waals surface area contributed by atoms with Gasteiger partial charge in [-0.2, -0.15) is 0 Å². The molecule has 0 aromatic heterocycles. The zero-order valence-corrected chi connectivity index (χ0v) is 15.6. The van der Waals surface area contributed by atoms with E-state index < -0.39 is 0 Å². The summed E-state index contributed by atoms with van der Waals surface area (Å²) in [5, 5.41) is 1.05. The van der Waals surface area contributed by atoms with Gasteiger partial charge in [0.05, 0.1) is 6.10 Å². The van der Waals surface area contributed by atoms with Gasteiger partial charge >= 0.3 is 18.9 Å². The fourth-order valence-electron chi connectivity index (χ4n) is 2.30. The van der Waals surface area contributed by atoms with Gasteiger partial charge in [0.1, 0.15) is 5.75 Å². The molecule has 2 atom stereocenters. The third-order valence-electron chi connectivity index (χ3n) is 3.73. The van der Waals surface area contributed by atoms with Crippen molar-refractivity contribution in [1.82, 2.24) is 0 Å². The van der Waals surface area contributed by atoms with Crippen LogP contribution in [-0.4, -0.2) is 11.6 Å². The van der Waals surface area contributed by atoms with Gasteiger partial charge in [0, 0.05) is 5.56 Å². The summed E-state index contributed by atoms with van der Waals surface area (Å²) in [6, 6.07) is 13.9.